The van der Waals surface area contributed by atoms with Gasteiger partial charge in [0.2, 0.25) is 0 Å². The predicted molar refractivity (Wildman–Crippen MR) is 129 cm³/mol. The number of ether oxygens (including phenoxy) is 1. The van der Waals surface area contributed by atoms with Crippen LogP contribution in [-0.4, -0.2) is 30.5 Å². The van der Waals surface area contributed by atoms with Gasteiger partial charge in [0.15, 0.2) is 0 Å². The Bertz CT molecular complexity index is 1450. The standard InChI is InChI=1S/C24H25FN2O5S2/c1-16-14-24(17(2)13-23(16)32-3)33(28,29)26-20-8-11-22-18(15-20)5-4-12-27(22)34(30,31)21-9-6-19(25)7-10-21/h6-11,13-15,26H,4-5,12H2,1-3H3. The van der Waals surface area contributed by atoms with Gasteiger partial charge in [-0.3, -0.25) is 9.03 Å². The van der Waals surface area contributed by atoms with Crippen LogP contribution in [0.2, 0.25) is 0 Å². The third kappa shape index (κ3) is 4.47. The lowest BCUT2D eigenvalue weighted by Gasteiger charge is -2.31. The number of nitrogens with zero attached hydrogens (tertiary/aromatic N) is 1. The van der Waals surface area contributed by atoms with Crippen molar-refractivity contribution in [2.75, 3.05) is 22.7 Å². The Labute approximate surface area is 199 Å². The second-order valence-corrected chi connectivity index (χ2v) is 11.7. The number of benzene rings is 3. The van der Waals surface area contributed by atoms with Crippen LogP contribution in [0.15, 0.2) is 64.4 Å². The molecule has 3 aromatic rings. The highest BCUT2D eigenvalue weighted by molar-refractivity contribution is 7.93. The number of fused-ring (bicyclic) bond motifs is 1. The molecule has 1 aliphatic rings. The van der Waals surface area contributed by atoms with Crippen molar-refractivity contribution in [2.24, 2.45) is 0 Å². The average molecular weight is 505 g/mol. The monoisotopic (exact) mass is 504 g/mol. The summed E-state index contributed by atoms with van der Waals surface area (Å²) in [6.07, 6.45) is 1.17. The highest BCUT2D eigenvalue weighted by atomic mass is 32.2. The Morgan fingerprint density at radius 2 is 1.65 bits per heavy atom. The molecule has 0 saturated heterocycles. The normalized spacial score (nSPS) is 13.9. The molecular weight excluding hydrogens is 479 g/mol. The molecule has 0 aromatic heterocycles. The Balaban J connectivity index is 1.66. The fraction of sp³-hybridized carbons (Fsp3) is 0.250. The molecular formula is C24H25FN2O5S2. The van der Waals surface area contributed by atoms with E-state index < -0.39 is 25.9 Å². The summed E-state index contributed by atoms with van der Waals surface area (Å²) in [7, 11) is -6.24. The zero-order valence-electron chi connectivity index (χ0n) is 19.0. The molecule has 3 aromatic carbocycles. The van der Waals surface area contributed by atoms with Gasteiger partial charge in [0.25, 0.3) is 20.0 Å². The van der Waals surface area contributed by atoms with Gasteiger partial charge in [0, 0.05) is 12.2 Å². The molecule has 0 spiro atoms. The lowest BCUT2D eigenvalue weighted by atomic mass is 10.0. The van der Waals surface area contributed by atoms with E-state index in [4.69, 9.17) is 4.74 Å². The molecule has 34 heavy (non-hydrogen) atoms. The van der Waals surface area contributed by atoms with Crippen LogP contribution in [0.1, 0.15) is 23.1 Å². The van der Waals surface area contributed by atoms with Gasteiger partial charge in [-0.05, 0) is 98.0 Å². The van der Waals surface area contributed by atoms with Crippen LogP contribution < -0.4 is 13.8 Å². The first kappa shape index (κ1) is 24.0. The molecule has 1 aliphatic heterocycles. The van der Waals surface area contributed by atoms with Gasteiger partial charge >= 0.3 is 0 Å². The van der Waals surface area contributed by atoms with Crippen LogP contribution >= 0.6 is 0 Å². The summed E-state index contributed by atoms with van der Waals surface area (Å²) in [5, 5.41) is 0. The highest BCUT2D eigenvalue weighted by Crippen LogP contribution is 2.35. The maximum Gasteiger partial charge on any atom is 0.264 e. The van der Waals surface area contributed by atoms with E-state index >= 15 is 0 Å². The van der Waals surface area contributed by atoms with Crippen LogP contribution in [0, 0.1) is 19.7 Å². The number of nitrogens with one attached hydrogen (secondary N) is 1. The van der Waals surface area contributed by atoms with E-state index in [0.717, 1.165) is 12.1 Å². The summed E-state index contributed by atoms with van der Waals surface area (Å²) in [5.74, 6) is 0.0879. The topological polar surface area (TPSA) is 92.8 Å². The molecule has 0 saturated carbocycles. The lowest BCUT2D eigenvalue weighted by molar-refractivity contribution is 0.411. The summed E-state index contributed by atoms with van der Waals surface area (Å²) in [5.41, 5.74) is 2.77. The number of methoxy groups -OCH3 is 1. The third-order valence-electron chi connectivity index (χ3n) is 5.79. The average Bonchev–Trinajstić information content (AvgIpc) is 2.79. The Kier molecular flexibility index (Phi) is 6.30. The Morgan fingerprint density at radius 1 is 0.941 bits per heavy atom. The number of sulfonamides is 2. The summed E-state index contributed by atoms with van der Waals surface area (Å²) < 4.78 is 74.9. The molecule has 1 N–H and O–H groups in total. The molecule has 0 amide bonds. The SMILES string of the molecule is COc1cc(C)c(S(=O)(=O)Nc2ccc3c(c2)CCCN3S(=O)(=O)c2ccc(F)cc2)cc1C. The maximum absolute atomic E-state index is 13.3. The third-order valence-corrected chi connectivity index (χ3v) is 9.14. The largest absolute Gasteiger partial charge is 0.496 e. The van der Waals surface area contributed by atoms with Crippen LogP contribution in [0.25, 0.3) is 0 Å². The van der Waals surface area contributed by atoms with E-state index in [0.29, 0.717) is 46.7 Å². The van der Waals surface area contributed by atoms with E-state index in [1.807, 2.05) is 0 Å². The quantitative estimate of drug-likeness (QED) is 0.537. The van der Waals surface area contributed by atoms with Crippen molar-refractivity contribution in [1.82, 2.24) is 0 Å². The minimum absolute atomic E-state index is 0.00289. The highest BCUT2D eigenvalue weighted by Gasteiger charge is 2.29. The first-order chi connectivity index (χ1) is 16.0. The molecule has 7 nitrogen and oxygen atoms in total. The van der Waals surface area contributed by atoms with Gasteiger partial charge < -0.3 is 4.74 Å². The van der Waals surface area contributed by atoms with Crippen LogP contribution in [-0.2, 0) is 26.5 Å². The number of anilines is 2. The van der Waals surface area contributed by atoms with Gasteiger partial charge in [-0.1, -0.05) is 0 Å². The molecule has 0 atom stereocenters. The zero-order chi connectivity index (χ0) is 24.7. The number of rotatable bonds is 6. The van der Waals surface area contributed by atoms with Crippen molar-refractivity contribution in [3.05, 3.63) is 77.1 Å². The first-order valence-corrected chi connectivity index (χ1v) is 13.5. The van der Waals surface area contributed by atoms with E-state index in [-0.39, 0.29) is 16.3 Å². The molecule has 0 unspecified atom stereocenters. The fourth-order valence-electron chi connectivity index (χ4n) is 4.09. The minimum atomic E-state index is -3.88. The zero-order valence-corrected chi connectivity index (χ0v) is 20.6. The summed E-state index contributed by atoms with van der Waals surface area (Å²) >= 11 is 0. The predicted octanol–water partition coefficient (Wildman–Crippen LogP) is 4.39. The number of hydrogen-bond donors (Lipinski definition) is 1. The Hall–Kier alpha value is -3.11. The molecule has 180 valence electrons. The van der Waals surface area contributed by atoms with Crippen molar-refractivity contribution in [3.8, 4) is 5.75 Å². The van der Waals surface area contributed by atoms with Gasteiger partial charge in [-0.15, -0.1) is 0 Å². The fourth-order valence-corrected chi connectivity index (χ4v) is 7.00. The van der Waals surface area contributed by atoms with Crippen molar-refractivity contribution >= 4 is 31.4 Å². The van der Waals surface area contributed by atoms with Crippen LogP contribution in [0.5, 0.6) is 5.75 Å². The number of halogens is 1. The van der Waals surface area contributed by atoms with E-state index in [1.165, 1.54) is 23.5 Å². The maximum atomic E-state index is 13.3. The lowest BCUT2D eigenvalue weighted by Crippen LogP contribution is -2.35. The summed E-state index contributed by atoms with van der Waals surface area (Å²) in [6.45, 7) is 3.75. The molecule has 4 rings (SSSR count). The summed E-state index contributed by atoms with van der Waals surface area (Å²) in [6, 6.07) is 12.7. The molecule has 0 bridgehead atoms. The van der Waals surface area contributed by atoms with E-state index in [9.17, 15) is 21.2 Å². The van der Waals surface area contributed by atoms with Crippen LogP contribution in [0.3, 0.4) is 0 Å². The number of aryl methyl sites for hydroxylation is 3. The smallest absolute Gasteiger partial charge is 0.264 e. The van der Waals surface area contributed by atoms with Crippen molar-refractivity contribution in [1.29, 1.82) is 0 Å². The van der Waals surface area contributed by atoms with Crippen molar-refractivity contribution < 1.29 is 26.0 Å². The van der Waals surface area contributed by atoms with E-state index in [1.54, 1.807) is 44.2 Å². The molecule has 0 radical (unpaired) electrons. The van der Waals surface area contributed by atoms with Gasteiger partial charge in [-0.25, -0.2) is 21.2 Å². The van der Waals surface area contributed by atoms with Crippen molar-refractivity contribution in [3.63, 3.8) is 0 Å². The van der Waals surface area contributed by atoms with Crippen LogP contribution in [0.4, 0.5) is 15.8 Å². The Morgan fingerprint density at radius 3 is 2.32 bits per heavy atom. The molecule has 0 aliphatic carbocycles. The molecule has 0 fully saturated rings. The minimum Gasteiger partial charge on any atom is -0.496 e. The number of hydrogen-bond acceptors (Lipinski definition) is 5. The van der Waals surface area contributed by atoms with Crippen molar-refractivity contribution in [2.45, 2.75) is 36.5 Å². The van der Waals surface area contributed by atoms with Gasteiger partial charge in [0.05, 0.1) is 22.6 Å². The summed E-state index contributed by atoms with van der Waals surface area (Å²) in [4.78, 5) is 0.140. The first-order valence-electron chi connectivity index (χ1n) is 10.6. The molecule has 10 heteroatoms. The van der Waals surface area contributed by atoms with Gasteiger partial charge in [-0.2, -0.15) is 0 Å². The van der Waals surface area contributed by atoms with E-state index in [2.05, 4.69) is 4.72 Å². The second-order valence-electron chi connectivity index (χ2n) is 8.17. The second kappa shape index (κ2) is 8.92. The van der Waals surface area contributed by atoms with Gasteiger partial charge in [0.1, 0.15) is 11.6 Å². The molecule has 1 heterocycles.